The normalized spacial score (nSPS) is 26.5. The van der Waals surface area contributed by atoms with Gasteiger partial charge in [0, 0.05) is 12.1 Å². The molecule has 2 unspecified atom stereocenters. The van der Waals surface area contributed by atoms with Crippen molar-refractivity contribution in [2.75, 3.05) is 12.3 Å². The van der Waals surface area contributed by atoms with Gasteiger partial charge >= 0.3 is 0 Å². The second kappa shape index (κ2) is 4.62. The summed E-state index contributed by atoms with van der Waals surface area (Å²) in [5.41, 5.74) is 13.6. The monoisotopic (exact) mass is 205 g/mol. The zero-order chi connectivity index (χ0) is 10.7. The van der Waals surface area contributed by atoms with Crippen molar-refractivity contribution in [2.45, 2.75) is 31.6 Å². The molecule has 82 valence electrons. The van der Waals surface area contributed by atoms with E-state index in [9.17, 15) is 0 Å². The van der Waals surface area contributed by atoms with Gasteiger partial charge in [-0.15, -0.1) is 0 Å². The Hall–Kier alpha value is -1.09. The van der Waals surface area contributed by atoms with Crippen LogP contribution in [0.15, 0.2) is 18.3 Å². The highest BCUT2D eigenvalue weighted by molar-refractivity contribution is 5.44. The van der Waals surface area contributed by atoms with Crippen LogP contribution in [0, 0.1) is 5.92 Å². The number of anilines is 1. The summed E-state index contributed by atoms with van der Waals surface area (Å²) in [7, 11) is 0. The van der Waals surface area contributed by atoms with Crippen LogP contribution in [0.3, 0.4) is 0 Å². The molecule has 1 fully saturated rings. The van der Waals surface area contributed by atoms with E-state index in [-0.39, 0.29) is 0 Å². The van der Waals surface area contributed by atoms with E-state index in [4.69, 9.17) is 11.5 Å². The van der Waals surface area contributed by atoms with Gasteiger partial charge in [0.25, 0.3) is 0 Å². The molecule has 2 rings (SSSR count). The van der Waals surface area contributed by atoms with Crippen LogP contribution in [-0.4, -0.2) is 11.5 Å². The van der Waals surface area contributed by atoms with E-state index >= 15 is 0 Å². The molecule has 1 aromatic rings. The number of aromatic nitrogens is 1. The third kappa shape index (κ3) is 2.29. The van der Waals surface area contributed by atoms with Crippen LogP contribution >= 0.6 is 0 Å². The second-order valence-corrected chi connectivity index (χ2v) is 4.44. The van der Waals surface area contributed by atoms with E-state index < -0.39 is 0 Å². The highest BCUT2D eigenvalue weighted by Crippen LogP contribution is 2.36. The average molecular weight is 205 g/mol. The van der Waals surface area contributed by atoms with Gasteiger partial charge in [-0.3, -0.25) is 4.98 Å². The lowest BCUT2D eigenvalue weighted by molar-refractivity contribution is 0.325. The number of hydrogen-bond donors (Lipinski definition) is 2. The quantitative estimate of drug-likeness (QED) is 0.775. The van der Waals surface area contributed by atoms with E-state index in [1.165, 1.54) is 19.3 Å². The molecule has 0 saturated heterocycles. The van der Waals surface area contributed by atoms with Crippen LogP contribution < -0.4 is 11.5 Å². The molecule has 0 aromatic carbocycles. The number of pyridine rings is 1. The van der Waals surface area contributed by atoms with E-state index in [2.05, 4.69) is 4.98 Å². The summed E-state index contributed by atoms with van der Waals surface area (Å²) < 4.78 is 0. The second-order valence-electron chi connectivity index (χ2n) is 4.44. The van der Waals surface area contributed by atoms with E-state index in [0.29, 0.717) is 11.8 Å². The predicted molar refractivity (Wildman–Crippen MR) is 62.4 cm³/mol. The van der Waals surface area contributed by atoms with Crippen LogP contribution in [0.2, 0.25) is 0 Å². The zero-order valence-corrected chi connectivity index (χ0v) is 9.02. The molecule has 3 heteroatoms. The summed E-state index contributed by atoms with van der Waals surface area (Å²) in [4.78, 5) is 4.40. The van der Waals surface area contributed by atoms with E-state index in [1.807, 2.05) is 18.3 Å². The Morgan fingerprint density at radius 1 is 1.40 bits per heavy atom. The Morgan fingerprint density at radius 3 is 3.00 bits per heavy atom. The fourth-order valence-corrected chi connectivity index (χ4v) is 2.52. The summed E-state index contributed by atoms with van der Waals surface area (Å²) in [6.45, 7) is 0.795. The first-order chi connectivity index (χ1) is 7.31. The summed E-state index contributed by atoms with van der Waals surface area (Å²) in [5, 5.41) is 0. The lowest BCUT2D eigenvalue weighted by Gasteiger charge is -2.28. The average Bonchev–Trinajstić information content (AvgIpc) is 2.30. The standard InChI is InChI=1S/C12H19N3/c13-8-9-3-1-4-10(7-9)12-11(14)5-2-6-15-12/h2,5-6,9-10H,1,3-4,7-8,13-14H2. The first kappa shape index (κ1) is 10.4. The van der Waals surface area contributed by atoms with Gasteiger partial charge in [-0.2, -0.15) is 0 Å². The van der Waals surface area contributed by atoms with Gasteiger partial charge in [-0.1, -0.05) is 6.42 Å². The third-order valence-corrected chi connectivity index (χ3v) is 3.37. The molecule has 1 heterocycles. The lowest BCUT2D eigenvalue weighted by Crippen LogP contribution is -2.22. The molecule has 0 amide bonds. The molecule has 4 N–H and O–H groups in total. The smallest absolute Gasteiger partial charge is 0.0663 e. The molecule has 1 saturated carbocycles. The number of nitrogens with zero attached hydrogens (tertiary/aromatic N) is 1. The van der Waals surface area contributed by atoms with E-state index in [1.54, 1.807) is 0 Å². The van der Waals surface area contributed by atoms with Gasteiger partial charge in [0.05, 0.1) is 11.4 Å². The highest BCUT2D eigenvalue weighted by atomic mass is 14.7. The fourth-order valence-electron chi connectivity index (χ4n) is 2.52. The number of nitrogen functional groups attached to an aromatic ring is 1. The van der Waals surface area contributed by atoms with Crippen molar-refractivity contribution < 1.29 is 0 Å². The van der Waals surface area contributed by atoms with Crippen LogP contribution in [-0.2, 0) is 0 Å². The Kier molecular flexibility index (Phi) is 3.21. The highest BCUT2D eigenvalue weighted by Gasteiger charge is 2.24. The maximum absolute atomic E-state index is 5.94. The minimum atomic E-state index is 0.522. The van der Waals surface area contributed by atoms with E-state index in [0.717, 1.165) is 24.3 Å². The molecule has 3 nitrogen and oxygen atoms in total. The van der Waals surface area contributed by atoms with Crippen LogP contribution in [0.5, 0.6) is 0 Å². The lowest BCUT2D eigenvalue weighted by atomic mass is 9.79. The molecule has 1 aromatic heterocycles. The summed E-state index contributed by atoms with van der Waals surface area (Å²) in [6.07, 6.45) is 6.70. The van der Waals surface area contributed by atoms with Crippen molar-refractivity contribution in [3.8, 4) is 0 Å². The fraction of sp³-hybridized carbons (Fsp3) is 0.583. The molecular weight excluding hydrogens is 186 g/mol. The first-order valence-corrected chi connectivity index (χ1v) is 5.71. The van der Waals surface area contributed by atoms with Crippen molar-refractivity contribution in [3.05, 3.63) is 24.0 Å². The van der Waals surface area contributed by atoms with Gasteiger partial charge in [0.2, 0.25) is 0 Å². The predicted octanol–water partition coefficient (Wildman–Crippen LogP) is 1.90. The van der Waals surface area contributed by atoms with Crippen molar-refractivity contribution in [1.29, 1.82) is 0 Å². The summed E-state index contributed by atoms with van der Waals surface area (Å²) in [5.74, 6) is 1.18. The number of hydrogen-bond acceptors (Lipinski definition) is 3. The molecule has 0 bridgehead atoms. The third-order valence-electron chi connectivity index (χ3n) is 3.37. The molecule has 2 atom stereocenters. The van der Waals surface area contributed by atoms with Gasteiger partial charge in [0.15, 0.2) is 0 Å². The van der Waals surface area contributed by atoms with Gasteiger partial charge in [-0.25, -0.2) is 0 Å². The molecule has 1 aliphatic carbocycles. The van der Waals surface area contributed by atoms with Crippen molar-refractivity contribution in [3.63, 3.8) is 0 Å². The first-order valence-electron chi connectivity index (χ1n) is 5.71. The Morgan fingerprint density at radius 2 is 2.27 bits per heavy atom. The number of nitrogens with two attached hydrogens (primary N) is 2. The maximum atomic E-state index is 5.94. The van der Waals surface area contributed by atoms with Crippen LogP contribution in [0.25, 0.3) is 0 Å². The molecule has 15 heavy (non-hydrogen) atoms. The van der Waals surface area contributed by atoms with Crippen molar-refractivity contribution in [2.24, 2.45) is 11.7 Å². The van der Waals surface area contributed by atoms with Crippen LogP contribution in [0.1, 0.15) is 37.3 Å². The largest absolute Gasteiger partial charge is 0.397 e. The molecule has 0 spiro atoms. The zero-order valence-electron chi connectivity index (χ0n) is 9.02. The Labute approximate surface area is 90.9 Å². The Balaban J connectivity index is 2.13. The van der Waals surface area contributed by atoms with Gasteiger partial charge < -0.3 is 11.5 Å². The SMILES string of the molecule is NCC1CCCC(c2ncccc2N)C1. The molecular formula is C12H19N3. The number of rotatable bonds is 2. The minimum Gasteiger partial charge on any atom is -0.397 e. The maximum Gasteiger partial charge on any atom is 0.0663 e. The minimum absolute atomic E-state index is 0.522. The topological polar surface area (TPSA) is 64.9 Å². The van der Waals surface area contributed by atoms with Crippen molar-refractivity contribution >= 4 is 5.69 Å². The molecule has 0 aliphatic heterocycles. The van der Waals surface area contributed by atoms with Crippen LogP contribution in [0.4, 0.5) is 5.69 Å². The molecule has 0 radical (unpaired) electrons. The van der Waals surface area contributed by atoms with Gasteiger partial charge in [-0.05, 0) is 43.9 Å². The van der Waals surface area contributed by atoms with Gasteiger partial charge in [0.1, 0.15) is 0 Å². The summed E-state index contributed by atoms with van der Waals surface area (Å²) >= 11 is 0. The molecule has 1 aliphatic rings. The summed E-state index contributed by atoms with van der Waals surface area (Å²) in [6, 6.07) is 3.83. The Bertz CT molecular complexity index is 324. The van der Waals surface area contributed by atoms with Crippen molar-refractivity contribution in [1.82, 2.24) is 4.98 Å².